The van der Waals surface area contributed by atoms with Crippen molar-refractivity contribution in [3.63, 3.8) is 0 Å². The molecule has 1 atom stereocenters. The Hall–Kier alpha value is -2.63. The second-order valence-corrected chi connectivity index (χ2v) is 5.71. The van der Waals surface area contributed by atoms with Crippen LogP contribution < -0.4 is 10.2 Å². The molecule has 1 aliphatic rings. The molecule has 1 aliphatic heterocycles. The first-order chi connectivity index (χ1) is 11.2. The molecule has 0 unspecified atom stereocenters. The van der Waals surface area contributed by atoms with Crippen LogP contribution in [0, 0.1) is 0 Å². The zero-order valence-corrected chi connectivity index (χ0v) is 12.9. The van der Waals surface area contributed by atoms with Gasteiger partial charge in [0.1, 0.15) is 0 Å². The second kappa shape index (κ2) is 7.09. The fourth-order valence-electron chi connectivity index (χ4n) is 2.87. The highest BCUT2D eigenvalue weighted by Crippen LogP contribution is 2.21. The molecule has 6 nitrogen and oxygen atoms in total. The summed E-state index contributed by atoms with van der Waals surface area (Å²) in [6, 6.07) is 9.15. The topological polar surface area (TPSA) is 78.4 Å². The summed E-state index contributed by atoms with van der Waals surface area (Å²) in [5.41, 5.74) is 1.37. The summed E-state index contributed by atoms with van der Waals surface area (Å²) in [6.45, 7) is 1.82. The molecule has 0 saturated carbocycles. The van der Waals surface area contributed by atoms with E-state index in [4.69, 9.17) is 5.11 Å². The van der Waals surface area contributed by atoms with Crippen molar-refractivity contribution >= 4 is 17.6 Å². The lowest BCUT2D eigenvalue weighted by Gasteiger charge is -2.27. The average molecular weight is 312 g/mol. The molecule has 23 heavy (non-hydrogen) atoms. The van der Waals surface area contributed by atoms with Gasteiger partial charge in [0.2, 0.25) is 5.95 Å². The number of hydrogen-bond acceptors (Lipinski definition) is 5. The van der Waals surface area contributed by atoms with Crippen LogP contribution in [0.4, 0.5) is 11.6 Å². The molecular weight excluding hydrogens is 292 g/mol. The highest BCUT2D eigenvalue weighted by molar-refractivity contribution is 5.88. The van der Waals surface area contributed by atoms with E-state index in [1.54, 1.807) is 30.6 Å². The predicted octanol–water partition coefficient (Wildman–Crippen LogP) is 2.65. The first-order valence-corrected chi connectivity index (χ1v) is 7.84. The van der Waals surface area contributed by atoms with Gasteiger partial charge >= 0.3 is 5.97 Å². The highest BCUT2D eigenvalue weighted by Gasteiger charge is 2.19. The first-order valence-electron chi connectivity index (χ1n) is 7.84. The van der Waals surface area contributed by atoms with Gasteiger partial charge in [-0.05, 0) is 49.6 Å². The smallest absolute Gasteiger partial charge is 0.335 e. The molecule has 0 amide bonds. The van der Waals surface area contributed by atoms with Gasteiger partial charge < -0.3 is 15.3 Å². The van der Waals surface area contributed by atoms with Crippen LogP contribution in [0.15, 0.2) is 42.7 Å². The maximum Gasteiger partial charge on any atom is 0.335 e. The summed E-state index contributed by atoms with van der Waals surface area (Å²) >= 11 is 0. The normalized spacial score (nSPS) is 18.3. The van der Waals surface area contributed by atoms with Gasteiger partial charge in [0, 0.05) is 37.2 Å². The Kier molecular flexibility index (Phi) is 4.71. The van der Waals surface area contributed by atoms with Crippen molar-refractivity contribution in [3.8, 4) is 0 Å². The molecule has 1 saturated heterocycles. The number of nitrogens with zero attached hydrogens (tertiary/aromatic N) is 3. The van der Waals surface area contributed by atoms with Crippen molar-refractivity contribution in [2.45, 2.75) is 25.3 Å². The molecule has 6 heteroatoms. The van der Waals surface area contributed by atoms with Crippen molar-refractivity contribution < 1.29 is 9.90 Å². The van der Waals surface area contributed by atoms with Gasteiger partial charge in [-0.3, -0.25) is 0 Å². The third-order valence-electron chi connectivity index (χ3n) is 4.05. The minimum atomic E-state index is -0.895. The monoisotopic (exact) mass is 312 g/mol. The number of carboxylic acid groups (broad SMARTS) is 1. The number of aromatic carboxylic acids is 1. The fraction of sp³-hybridized carbons (Fsp3) is 0.353. The molecular formula is C17H20N4O2. The zero-order chi connectivity index (χ0) is 16.1. The minimum Gasteiger partial charge on any atom is -0.478 e. The molecule has 120 valence electrons. The summed E-state index contributed by atoms with van der Waals surface area (Å²) in [5, 5.41) is 12.4. The Morgan fingerprint density at radius 2 is 1.91 bits per heavy atom. The van der Waals surface area contributed by atoms with Gasteiger partial charge in [0.15, 0.2) is 0 Å². The minimum absolute atomic E-state index is 0.277. The number of hydrogen-bond donors (Lipinski definition) is 2. The molecule has 1 fully saturated rings. The van der Waals surface area contributed by atoms with Crippen LogP contribution in [-0.4, -0.2) is 40.2 Å². The van der Waals surface area contributed by atoms with E-state index in [9.17, 15) is 4.79 Å². The van der Waals surface area contributed by atoms with E-state index in [-0.39, 0.29) is 6.04 Å². The van der Waals surface area contributed by atoms with Crippen LogP contribution in [-0.2, 0) is 0 Å². The Labute approximate surface area is 135 Å². The molecule has 1 aromatic carbocycles. The van der Waals surface area contributed by atoms with Crippen LogP contribution >= 0.6 is 0 Å². The van der Waals surface area contributed by atoms with Crippen molar-refractivity contribution in [1.82, 2.24) is 9.97 Å². The Balaban J connectivity index is 1.70. The number of rotatable bonds is 4. The van der Waals surface area contributed by atoms with Gasteiger partial charge in [0.25, 0.3) is 0 Å². The molecule has 0 spiro atoms. The Bertz CT molecular complexity index is 645. The summed E-state index contributed by atoms with van der Waals surface area (Å²) in [7, 11) is 0. The van der Waals surface area contributed by atoms with E-state index in [2.05, 4.69) is 20.2 Å². The van der Waals surface area contributed by atoms with Crippen molar-refractivity contribution in [2.24, 2.45) is 0 Å². The van der Waals surface area contributed by atoms with E-state index in [0.29, 0.717) is 11.5 Å². The quantitative estimate of drug-likeness (QED) is 0.903. The van der Waals surface area contributed by atoms with E-state index in [1.807, 2.05) is 12.1 Å². The number of nitrogens with one attached hydrogen (secondary N) is 1. The van der Waals surface area contributed by atoms with Crippen molar-refractivity contribution in [1.29, 1.82) is 0 Å². The first kappa shape index (κ1) is 15.3. The average Bonchev–Trinajstić information content (AvgIpc) is 2.81. The standard InChI is InChI=1S/C17H20N4O2/c22-16(23)13-5-7-15(8-6-13)21-11-2-1-4-14(12-21)20-17-18-9-3-10-19-17/h3,5-10,14H,1-2,4,11-12H2,(H,22,23)(H,18,19,20)/t14-/m0/s1. The van der Waals surface area contributed by atoms with Gasteiger partial charge in [0.05, 0.1) is 5.56 Å². The van der Waals surface area contributed by atoms with Gasteiger partial charge in [-0.25, -0.2) is 14.8 Å². The lowest BCUT2D eigenvalue weighted by Crippen LogP contribution is -2.35. The molecule has 0 bridgehead atoms. The summed E-state index contributed by atoms with van der Waals surface area (Å²) in [6.07, 6.45) is 6.80. The summed E-state index contributed by atoms with van der Waals surface area (Å²) in [5.74, 6) is -0.242. The maximum absolute atomic E-state index is 11.0. The SMILES string of the molecule is O=C(O)c1ccc(N2CCCC[C@H](Nc3ncccn3)C2)cc1. The molecule has 3 rings (SSSR count). The lowest BCUT2D eigenvalue weighted by molar-refractivity contribution is 0.0697. The number of aromatic nitrogens is 2. The van der Waals surface area contributed by atoms with E-state index in [1.165, 1.54) is 0 Å². The zero-order valence-electron chi connectivity index (χ0n) is 12.9. The lowest BCUT2D eigenvalue weighted by atomic mass is 10.1. The fourth-order valence-corrected chi connectivity index (χ4v) is 2.87. The molecule has 0 radical (unpaired) electrons. The molecule has 1 aromatic heterocycles. The van der Waals surface area contributed by atoms with Gasteiger partial charge in [-0.15, -0.1) is 0 Å². The third kappa shape index (κ3) is 3.97. The van der Waals surface area contributed by atoms with Crippen molar-refractivity contribution in [2.75, 3.05) is 23.3 Å². The molecule has 2 N–H and O–H groups in total. The Morgan fingerprint density at radius 1 is 1.17 bits per heavy atom. The van der Waals surface area contributed by atoms with E-state index in [0.717, 1.165) is 38.0 Å². The largest absolute Gasteiger partial charge is 0.478 e. The van der Waals surface area contributed by atoms with Crippen LogP contribution in [0.3, 0.4) is 0 Å². The number of carboxylic acids is 1. The highest BCUT2D eigenvalue weighted by atomic mass is 16.4. The van der Waals surface area contributed by atoms with Crippen LogP contribution in [0.25, 0.3) is 0 Å². The predicted molar refractivity (Wildman–Crippen MR) is 88.9 cm³/mol. The number of carbonyl (C=O) groups is 1. The van der Waals surface area contributed by atoms with E-state index >= 15 is 0 Å². The second-order valence-electron chi connectivity index (χ2n) is 5.71. The van der Waals surface area contributed by atoms with Crippen molar-refractivity contribution in [3.05, 3.63) is 48.3 Å². The van der Waals surface area contributed by atoms with Crippen LogP contribution in [0.5, 0.6) is 0 Å². The third-order valence-corrected chi connectivity index (χ3v) is 4.05. The van der Waals surface area contributed by atoms with Crippen LogP contribution in [0.1, 0.15) is 29.6 Å². The van der Waals surface area contributed by atoms with E-state index < -0.39 is 5.97 Å². The molecule has 2 aromatic rings. The van der Waals surface area contributed by atoms with Gasteiger partial charge in [-0.2, -0.15) is 0 Å². The molecule has 2 heterocycles. The number of anilines is 2. The summed E-state index contributed by atoms with van der Waals surface area (Å²) in [4.78, 5) is 21.7. The maximum atomic E-state index is 11.0. The van der Waals surface area contributed by atoms with Crippen LogP contribution in [0.2, 0.25) is 0 Å². The number of benzene rings is 1. The summed E-state index contributed by atoms with van der Waals surface area (Å²) < 4.78 is 0. The molecule has 0 aliphatic carbocycles. The Morgan fingerprint density at radius 3 is 2.61 bits per heavy atom. The van der Waals surface area contributed by atoms with Gasteiger partial charge in [-0.1, -0.05) is 0 Å².